The van der Waals surface area contributed by atoms with E-state index in [1.165, 1.54) is 0 Å². The Bertz CT molecular complexity index is 529. The Morgan fingerprint density at radius 2 is 1.83 bits per heavy atom. The van der Waals surface area contributed by atoms with E-state index in [9.17, 15) is 9.59 Å². The molecule has 6 nitrogen and oxygen atoms in total. The van der Waals surface area contributed by atoms with Crippen molar-refractivity contribution < 1.29 is 24.2 Å². The quantitative estimate of drug-likeness (QED) is 0.604. The third kappa shape index (κ3) is 6.58. The second-order valence-electron chi connectivity index (χ2n) is 5.78. The zero-order valence-electron chi connectivity index (χ0n) is 14.6. The highest BCUT2D eigenvalue weighted by atomic mass is 16.5. The fraction of sp³-hybridized carbons (Fsp3) is 0.556. The Morgan fingerprint density at radius 3 is 2.38 bits per heavy atom. The molecule has 0 unspecified atom stereocenters. The Morgan fingerprint density at radius 1 is 1.17 bits per heavy atom. The maximum atomic E-state index is 12.6. The van der Waals surface area contributed by atoms with Crippen LogP contribution in [0.5, 0.6) is 5.75 Å². The maximum absolute atomic E-state index is 12.6. The van der Waals surface area contributed by atoms with Gasteiger partial charge >= 0.3 is 5.97 Å². The zero-order chi connectivity index (χ0) is 18.0. The van der Waals surface area contributed by atoms with Crippen molar-refractivity contribution in [1.82, 2.24) is 0 Å². The number of carboxylic acids is 1. The minimum Gasteiger partial charge on any atom is -0.482 e. The van der Waals surface area contributed by atoms with Crippen LogP contribution in [0, 0.1) is 0 Å². The molecule has 1 aromatic carbocycles. The lowest BCUT2D eigenvalue weighted by molar-refractivity contribution is -0.140. The molecule has 0 saturated carbocycles. The summed E-state index contributed by atoms with van der Waals surface area (Å²) in [5.74, 6) is -0.780. The maximum Gasteiger partial charge on any atom is 0.341 e. The van der Waals surface area contributed by atoms with Crippen molar-refractivity contribution in [2.24, 2.45) is 0 Å². The van der Waals surface area contributed by atoms with Gasteiger partial charge in [-0.2, -0.15) is 0 Å². The van der Waals surface area contributed by atoms with Crippen molar-refractivity contribution in [1.29, 1.82) is 0 Å². The fourth-order valence-electron chi connectivity index (χ4n) is 2.33. The molecule has 1 atom stereocenters. The number of ether oxygens (including phenoxy) is 2. The molecule has 0 aromatic heterocycles. The summed E-state index contributed by atoms with van der Waals surface area (Å²) in [5.41, 5.74) is -0.244. The summed E-state index contributed by atoms with van der Waals surface area (Å²) in [4.78, 5) is 23.0. The van der Waals surface area contributed by atoms with Crippen molar-refractivity contribution in [2.45, 2.75) is 52.1 Å². The summed E-state index contributed by atoms with van der Waals surface area (Å²) in [5, 5.41) is 11.4. The van der Waals surface area contributed by atoms with Gasteiger partial charge in [-0.15, -0.1) is 0 Å². The molecule has 0 spiro atoms. The van der Waals surface area contributed by atoms with Gasteiger partial charge in [-0.05, 0) is 44.5 Å². The number of rotatable bonds is 11. The van der Waals surface area contributed by atoms with E-state index in [0.29, 0.717) is 24.5 Å². The summed E-state index contributed by atoms with van der Waals surface area (Å²) in [6, 6.07) is 6.59. The molecule has 24 heavy (non-hydrogen) atoms. The Hall–Kier alpha value is -2.08. The van der Waals surface area contributed by atoms with E-state index < -0.39 is 18.2 Å². The number of hydrogen-bond acceptors (Lipinski definition) is 4. The highest BCUT2D eigenvalue weighted by Gasteiger charge is 2.33. The van der Waals surface area contributed by atoms with Crippen LogP contribution in [0.1, 0.15) is 46.5 Å². The van der Waals surface area contributed by atoms with Gasteiger partial charge in [-0.25, -0.2) is 4.79 Å². The molecule has 0 aliphatic heterocycles. The molecule has 0 fully saturated rings. The lowest BCUT2D eigenvalue weighted by atomic mass is 9.96. The number of carbonyl (C=O) groups excluding carboxylic acids is 1. The molecule has 1 aromatic rings. The third-order valence-electron chi connectivity index (χ3n) is 3.68. The number of aliphatic carboxylic acids is 1. The van der Waals surface area contributed by atoms with Crippen molar-refractivity contribution in [2.75, 3.05) is 18.5 Å². The predicted octanol–water partition coefficient (Wildman–Crippen LogP) is 3.46. The van der Waals surface area contributed by atoms with E-state index in [0.717, 1.165) is 19.3 Å². The summed E-state index contributed by atoms with van der Waals surface area (Å²) in [7, 11) is 0. The van der Waals surface area contributed by atoms with Gasteiger partial charge in [0.1, 0.15) is 11.4 Å². The molecule has 0 aliphatic rings. The van der Waals surface area contributed by atoms with Crippen LogP contribution >= 0.6 is 0 Å². The summed E-state index contributed by atoms with van der Waals surface area (Å²) >= 11 is 0. The number of benzene rings is 1. The highest BCUT2D eigenvalue weighted by Crippen LogP contribution is 2.23. The van der Waals surface area contributed by atoms with Gasteiger partial charge in [0, 0.05) is 12.3 Å². The van der Waals surface area contributed by atoms with Crippen LogP contribution in [-0.2, 0) is 14.3 Å². The number of carbonyl (C=O) groups is 2. The molecule has 1 amide bonds. The number of amides is 1. The van der Waals surface area contributed by atoms with E-state index >= 15 is 0 Å². The Balaban J connectivity index is 2.67. The molecule has 6 heteroatoms. The van der Waals surface area contributed by atoms with Crippen LogP contribution < -0.4 is 10.1 Å². The van der Waals surface area contributed by atoms with Crippen molar-refractivity contribution in [3.63, 3.8) is 0 Å². The SMILES string of the molecule is CCCCC[C@@](C)(OCC)C(=O)Nc1ccc(OCC(=O)O)cc1. The van der Waals surface area contributed by atoms with E-state index in [4.69, 9.17) is 14.6 Å². The molecule has 0 saturated heterocycles. The summed E-state index contributed by atoms with van der Waals surface area (Å²) in [6.07, 6.45) is 3.75. The van der Waals surface area contributed by atoms with Crippen LogP contribution in [0.3, 0.4) is 0 Å². The summed E-state index contributed by atoms with van der Waals surface area (Å²) < 4.78 is 10.8. The molecule has 0 heterocycles. The Labute approximate surface area is 143 Å². The molecule has 0 aliphatic carbocycles. The van der Waals surface area contributed by atoms with Crippen molar-refractivity contribution in [3.05, 3.63) is 24.3 Å². The molecule has 2 N–H and O–H groups in total. The van der Waals surface area contributed by atoms with Crippen LogP contribution in [-0.4, -0.2) is 35.8 Å². The van der Waals surface area contributed by atoms with Gasteiger partial charge in [-0.1, -0.05) is 26.2 Å². The van der Waals surface area contributed by atoms with E-state index in [2.05, 4.69) is 12.2 Å². The first-order chi connectivity index (χ1) is 11.4. The number of hydrogen-bond donors (Lipinski definition) is 2. The first-order valence-corrected chi connectivity index (χ1v) is 8.31. The van der Waals surface area contributed by atoms with Gasteiger partial charge in [0.2, 0.25) is 0 Å². The van der Waals surface area contributed by atoms with Gasteiger partial charge in [0.25, 0.3) is 5.91 Å². The largest absolute Gasteiger partial charge is 0.482 e. The van der Waals surface area contributed by atoms with Crippen LogP contribution in [0.15, 0.2) is 24.3 Å². The van der Waals surface area contributed by atoms with Crippen molar-refractivity contribution in [3.8, 4) is 5.75 Å². The zero-order valence-corrected chi connectivity index (χ0v) is 14.6. The monoisotopic (exact) mass is 337 g/mol. The standard InChI is InChI=1S/C18H27NO5/c1-4-6-7-12-18(3,24-5-2)17(22)19-14-8-10-15(11-9-14)23-13-16(20)21/h8-11H,4-7,12-13H2,1-3H3,(H,19,22)(H,20,21)/t18-/m1/s1. The number of carboxylic acid groups (broad SMARTS) is 1. The van der Waals surface area contributed by atoms with Gasteiger partial charge in [0.15, 0.2) is 6.61 Å². The van der Waals surface area contributed by atoms with E-state index in [-0.39, 0.29) is 5.91 Å². The van der Waals surface area contributed by atoms with E-state index in [1.807, 2.05) is 13.8 Å². The van der Waals surface area contributed by atoms with Crippen LogP contribution in [0.4, 0.5) is 5.69 Å². The normalized spacial score (nSPS) is 13.1. The molecule has 134 valence electrons. The summed E-state index contributed by atoms with van der Waals surface area (Å²) in [6.45, 7) is 5.88. The lowest BCUT2D eigenvalue weighted by Crippen LogP contribution is -2.42. The number of anilines is 1. The van der Waals surface area contributed by atoms with Gasteiger partial charge in [0.05, 0.1) is 0 Å². The molecular formula is C18H27NO5. The first kappa shape index (κ1) is 20.0. The minimum atomic E-state index is -1.04. The Kier molecular flexibility index (Phi) is 8.26. The van der Waals surface area contributed by atoms with Gasteiger partial charge < -0.3 is 19.9 Å². The van der Waals surface area contributed by atoms with Gasteiger partial charge in [-0.3, -0.25) is 4.79 Å². The second kappa shape index (κ2) is 9.93. The molecule has 0 bridgehead atoms. The molecule has 0 radical (unpaired) electrons. The smallest absolute Gasteiger partial charge is 0.341 e. The van der Waals surface area contributed by atoms with Crippen LogP contribution in [0.2, 0.25) is 0 Å². The second-order valence-corrected chi connectivity index (χ2v) is 5.78. The minimum absolute atomic E-state index is 0.181. The lowest BCUT2D eigenvalue weighted by Gasteiger charge is -2.28. The van der Waals surface area contributed by atoms with Crippen LogP contribution in [0.25, 0.3) is 0 Å². The first-order valence-electron chi connectivity index (χ1n) is 8.31. The third-order valence-corrected chi connectivity index (χ3v) is 3.68. The van der Waals surface area contributed by atoms with E-state index in [1.54, 1.807) is 24.3 Å². The average molecular weight is 337 g/mol. The van der Waals surface area contributed by atoms with Crippen molar-refractivity contribution >= 4 is 17.6 Å². The number of unbranched alkanes of at least 4 members (excludes halogenated alkanes) is 2. The predicted molar refractivity (Wildman–Crippen MR) is 92.4 cm³/mol. The molecule has 1 rings (SSSR count). The highest BCUT2D eigenvalue weighted by molar-refractivity contribution is 5.97. The molecular weight excluding hydrogens is 310 g/mol. The topological polar surface area (TPSA) is 84.9 Å². The fourth-order valence-corrected chi connectivity index (χ4v) is 2.33. The number of nitrogens with one attached hydrogen (secondary N) is 1. The average Bonchev–Trinajstić information content (AvgIpc) is 2.54.